The minimum absolute atomic E-state index is 0.467. The molecule has 150 valence electrons. The molecular formula is C26H20N4O. The minimum atomic E-state index is 0.467. The lowest BCUT2D eigenvalue weighted by Crippen LogP contribution is -2.09. The number of hydrogen-bond acceptors (Lipinski definition) is 5. The van der Waals surface area contributed by atoms with Crippen LogP contribution in [0.2, 0.25) is 0 Å². The Morgan fingerprint density at radius 1 is 0.516 bits per heavy atom. The van der Waals surface area contributed by atoms with E-state index in [-0.39, 0.29) is 0 Å². The Morgan fingerprint density at radius 2 is 0.935 bits per heavy atom. The van der Waals surface area contributed by atoms with Gasteiger partial charge in [-0.05, 0) is 72.8 Å². The molecule has 5 rings (SSSR count). The van der Waals surface area contributed by atoms with Gasteiger partial charge in [-0.2, -0.15) is 0 Å². The van der Waals surface area contributed by atoms with Gasteiger partial charge in [0.25, 0.3) is 0 Å². The van der Waals surface area contributed by atoms with Crippen molar-refractivity contribution >= 4 is 22.7 Å². The number of nitrogens with two attached hydrogens (primary N) is 1. The van der Waals surface area contributed by atoms with Crippen LogP contribution in [0.25, 0.3) is 22.9 Å². The fraction of sp³-hybridized carbons (Fsp3) is 0. The lowest BCUT2D eigenvalue weighted by Gasteiger charge is -2.25. The SMILES string of the molecule is Nc1ccc(-c2nnc(-c3ccc(N(c4ccccc4)c4ccccc4)cc3)o2)cc1. The molecule has 0 radical (unpaired) electrons. The molecule has 0 aliphatic carbocycles. The van der Waals surface area contributed by atoms with E-state index in [0.29, 0.717) is 17.5 Å². The fourth-order valence-electron chi connectivity index (χ4n) is 3.44. The van der Waals surface area contributed by atoms with Crippen LogP contribution in [-0.2, 0) is 0 Å². The summed E-state index contributed by atoms with van der Waals surface area (Å²) in [6.45, 7) is 0. The standard InChI is InChI=1S/C26H20N4O/c27-21-15-11-19(12-16-21)25-28-29-26(31-25)20-13-17-24(18-14-20)30(22-7-3-1-4-8-22)23-9-5-2-6-10-23/h1-18H,27H2. The maximum absolute atomic E-state index is 5.89. The van der Waals surface area contributed by atoms with Gasteiger partial charge < -0.3 is 15.1 Å². The zero-order chi connectivity index (χ0) is 21.0. The molecule has 1 heterocycles. The molecule has 2 N–H and O–H groups in total. The number of nitrogens with zero attached hydrogens (tertiary/aromatic N) is 3. The summed E-state index contributed by atoms with van der Waals surface area (Å²) in [5.74, 6) is 0.943. The second-order valence-corrected chi connectivity index (χ2v) is 7.09. The van der Waals surface area contributed by atoms with Gasteiger partial charge >= 0.3 is 0 Å². The van der Waals surface area contributed by atoms with Crippen LogP contribution in [0, 0.1) is 0 Å². The number of nitrogen functional groups attached to an aromatic ring is 1. The van der Waals surface area contributed by atoms with Gasteiger partial charge in [-0.3, -0.25) is 0 Å². The Bertz CT molecular complexity index is 1230. The van der Waals surface area contributed by atoms with Gasteiger partial charge in [-0.15, -0.1) is 10.2 Å². The van der Waals surface area contributed by atoms with Gasteiger partial charge in [0.15, 0.2) is 0 Å². The van der Waals surface area contributed by atoms with Crippen LogP contribution in [0.3, 0.4) is 0 Å². The first-order valence-electron chi connectivity index (χ1n) is 9.98. The monoisotopic (exact) mass is 404 g/mol. The highest BCUT2D eigenvalue weighted by atomic mass is 16.4. The van der Waals surface area contributed by atoms with Crippen LogP contribution in [0.4, 0.5) is 22.7 Å². The second kappa shape index (κ2) is 8.16. The number of aromatic nitrogens is 2. The average Bonchev–Trinajstić information content (AvgIpc) is 3.32. The van der Waals surface area contributed by atoms with Crippen molar-refractivity contribution in [3.63, 3.8) is 0 Å². The van der Waals surface area contributed by atoms with Gasteiger partial charge in [0.2, 0.25) is 11.8 Å². The molecule has 0 aliphatic heterocycles. The van der Waals surface area contributed by atoms with Crippen molar-refractivity contribution in [3.05, 3.63) is 109 Å². The molecule has 0 unspecified atom stereocenters. The number of anilines is 4. The van der Waals surface area contributed by atoms with Crippen molar-refractivity contribution in [2.24, 2.45) is 0 Å². The van der Waals surface area contributed by atoms with E-state index in [1.165, 1.54) is 0 Å². The predicted molar refractivity (Wildman–Crippen MR) is 124 cm³/mol. The highest BCUT2D eigenvalue weighted by molar-refractivity contribution is 5.77. The normalized spacial score (nSPS) is 10.7. The molecule has 0 fully saturated rings. The van der Waals surface area contributed by atoms with Gasteiger partial charge in [0.1, 0.15) is 0 Å². The third-order valence-electron chi connectivity index (χ3n) is 4.98. The Kier molecular flexibility index (Phi) is 4.91. The highest BCUT2D eigenvalue weighted by Crippen LogP contribution is 2.35. The largest absolute Gasteiger partial charge is 0.416 e. The second-order valence-electron chi connectivity index (χ2n) is 7.09. The third kappa shape index (κ3) is 3.89. The first kappa shape index (κ1) is 18.6. The summed E-state index contributed by atoms with van der Waals surface area (Å²) in [5, 5.41) is 8.39. The van der Waals surface area contributed by atoms with E-state index in [1.807, 2.05) is 72.8 Å². The third-order valence-corrected chi connectivity index (χ3v) is 4.98. The molecule has 1 aromatic heterocycles. The maximum atomic E-state index is 5.89. The van der Waals surface area contributed by atoms with Crippen LogP contribution in [0.15, 0.2) is 114 Å². The Labute approximate surface area is 180 Å². The summed E-state index contributed by atoms with van der Waals surface area (Å²) in [5.41, 5.74) is 11.4. The fourth-order valence-corrected chi connectivity index (χ4v) is 3.44. The molecule has 5 heteroatoms. The zero-order valence-electron chi connectivity index (χ0n) is 16.7. The minimum Gasteiger partial charge on any atom is -0.416 e. The summed E-state index contributed by atoms with van der Waals surface area (Å²) in [6.07, 6.45) is 0. The van der Waals surface area contributed by atoms with Crippen LogP contribution in [0.5, 0.6) is 0 Å². The van der Waals surface area contributed by atoms with Crippen molar-refractivity contribution < 1.29 is 4.42 Å². The van der Waals surface area contributed by atoms with Crippen LogP contribution in [-0.4, -0.2) is 10.2 Å². The molecule has 0 atom stereocenters. The summed E-state index contributed by atoms with van der Waals surface area (Å²) in [4.78, 5) is 2.21. The molecule has 31 heavy (non-hydrogen) atoms. The van der Waals surface area contributed by atoms with Gasteiger partial charge in [0.05, 0.1) is 0 Å². The Hall–Kier alpha value is -4.38. The van der Waals surface area contributed by atoms with Crippen molar-refractivity contribution in [1.29, 1.82) is 0 Å². The zero-order valence-corrected chi connectivity index (χ0v) is 16.7. The van der Waals surface area contributed by atoms with Crippen molar-refractivity contribution in [3.8, 4) is 22.9 Å². The van der Waals surface area contributed by atoms with Crippen molar-refractivity contribution in [1.82, 2.24) is 10.2 Å². The number of hydrogen-bond donors (Lipinski definition) is 1. The van der Waals surface area contributed by atoms with Gasteiger partial charge in [-0.1, -0.05) is 36.4 Å². The van der Waals surface area contributed by atoms with Gasteiger partial charge in [0, 0.05) is 33.9 Å². The average molecular weight is 404 g/mol. The van der Waals surface area contributed by atoms with Crippen LogP contribution in [0.1, 0.15) is 0 Å². The highest BCUT2D eigenvalue weighted by Gasteiger charge is 2.14. The predicted octanol–water partition coefficient (Wildman–Crippen LogP) is 6.46. The number of rotatable bonds is 5. The maximum Gasteiger partial charge on any atom is 0.248 e. The molecule has 5 nitrogen and oxygen atoms in total. The summed E-state index contributed by atoms with van der Waals surface area (Å²) in [7, 11) is 0. The van der Waals surface area contributed by atoms with E-state index < -0.39 is 0 Å². The topological polar surface area (TPSA) is 68.2 Å². The molecule has 0 amide bonds. The molecule has 0 saturated heterocycles. The Morgan fingerprint density at radius 3 is 1.42 bits per heavy atom. The van der Waals surface area contributed by atoms with E-state index in [2.05, 4.69) is 51.5 Å². The number of benzene rings is 4. The van der Waals surface area contributed by atoms with Crippen molar-refractivity contribution in [2.75, 3.05) is 10.6 Å². The van der Waals surface area contributed by atoms with E-state index in [1.54, 1.807) is 0 Å². The Balaban J connectivity index is 1.47. The van der Waals surface area contributed by atoms with Crippen molar-refractivity contribution in [2.45, 2.75) is 0 Å². The molecule has 0 bridgehead atoms. The molecule has 0 spiro atoms. The summed E-state index contributed by atoms with van der Waals surface area (Å²) in [6, 6.07) is 36.0. The lowest BCUT2D eigenvalue weighted by atomic mass is 10.1. The van der Waals surface area contributed by atoms with Gasteiger partial charge in [-0.25, -0.2) is 0 Å². The first-order valence-corrected chi connectivity index (χ1v) is 9.98. The molecule has 0 saturated carbocycles. The first-order chi connectivity index (χ1) is 15.3. The van der Waals surface area contributed by atoms with E-state index in [4.69, 9.17) is 10.2 Å². The summed E-state index contributed by atoms with van der Waals surface area (Å²) >= 11 is 0. The van der Waals surface area contributed by atoms with Crippen LogP contribution < -0.4 is 10.6 Å². The molecule has 4 aromatic carbocycles. The van der Waals surface area contributed by atoms with E-state index in [9.17, 15) is 0 Å². The smallest absolute Gasteiger partial charge is 0.248 e. The lowest BCUT2D eigenvalue weighted by molar-refractivity contribution is 0.584. The molecule has 5 aromatic rings. The molecule has 0 aliphatic rings. The quantitative estimate of drug-likeness (QED) is 0.341. The van der Waals surface area contributed by atoms with Crippen LogP contribution >= 0.6 is 0 Å². The molecular weight excluding hydrogens is 384 g/mol. The van der Waals surface area contributed by atoms with E-state index in [0.717, 1.165) is 28.2 Å². The number of para-hydroxylation sites is 2. The van der Waals surface area contributed by atoms with E-state index >= 15 is 0 Å². The summed E-state index contributed by atoms with van der Waals surface area (Å²) < 4.78 is 5.89.